The smallest absolute Gasteiger partial charge is 0.0746 e. The summed E-state index contributed by atoms with van der Waals surface area (Å²) in [4.78, 5) is 7.06. The first-order valence-corrected chi connectivity index (χ1v) is 7.56. The molecule has 1 unspecified atom stereocenters. The Balaban J connectivity index is 1.84. The molecule has 0 saturated carbocycles. The van der Waals surface area contributed by atoms with Crippen LogP contribution in [0.25, 0.3) is 10.9 Å². The van der Waals surface area contributed by atoms with E-state index in [0.29, 0.717) is 6.04 Å². The molecule has 3 nitrogen and oxygen atoms in total. The van der Waals surface area contributed by atoms with E-state index in [4.69, 9.17) is 0 Å². The van der Waals surface area contributed by atoms with Crippen molar-refractivity contribution < 1.29 is 5.11 Å². The molecule has 1 aromatic heterocycles. The zero-order chi connectivity index (χ0) is 13.8. The molecule has 1 N–H and O–H groups in total. The van der Waals surface area contributed by atoms with Crippen LogP contribution in [0.3, 0.4) is 0 Å². The molecule has 0 aliphatic carbocycles. The van der Waals surface area contributed by atoms with Crippen molar-refractivity contribution in [1.29, 1.82) is 0 Å². The summed E-state index contributed by atoms with van der Waals surface area (Å²) in [7, 11) is 0. The van der Waals surface area contributed by atoms with Gasteiger partial charge in [0, 0.05) is 30.8 Å². The minimum Gasteiger partial charge on any atom is -0.396 e. The van der Waals surface area contributed by atoms with E-state index in [1.54, 1.807) is 0 Å². The number of fused-ring (bicyclic) bond motifs is 1. The topological polar surface area (TPSA) is 36.4 Å². The average Bonchev–Trinajstić information content (AvgIpc) is 2.50. The van der Waals surface area contributed by atoms with E-state index in [-0.39, 0.29) is 6.61 Å². The van der Waals surface area contributed by atoms with Crippen molar-refractivity contribution in [2.75, 3.05) is 13.2 Å². The van der Waals surface area contributed by atoms with Crippen LogP contribution in [0.2, 0.25) is 0 Å². The molecule has 1 aliphatic heterocycles. The van der Waals surface area contributed by atoms with E-state index in [9.17, 15) is 5.11 Å². The van der Waals surface area contributed by atoms with Crippen molar-refractivity contribution in [3.63, 3.8) is 0 Å². The molecular weight excluding hydrogens is 248 g/mol. The second-order valence-electron chi connectivity index (χ2n) is 5.62. The number of likely N-dealkylation sites (tertiary alicyclic amines) is 1. The van der Waals surface area contributed by atoms with Gasteiger partial charge < -0.3 is 5.11 Å². The predicted octanol–water partition coefficient (Wildman–Crippen LogP) is 2.97. The van der Waals surface area contributed by atoms with Crippen LogP contribution in [0.15, 0.2) is 36.5 Å². The summed E-state index contributed by atoms with van der Waals surface area (Å²) < 4.78 is 0. The van der Waals surface area contributed by atoms with Crippen molar-refractivity contribution in [2.45, 2.75) is 38.3 Å². The summed E-state index contributed by atoms with van der Waals surface area (Å²) in [5, 5.41) is 10.4. The average molecular weight is 270 g/mol. The normalized spacial score (nSPS) is 20.4. The van der Waals surface area contributed by atoms with Crippen LogP contribution in [0.5, 0.6) is 0 Å². The fourth-order valence-electron chi connectivity index (χ4n) is 3.26. The van der Waals surface area contributed by atoms with Crippen molar-refractivity contribution in [3.05, 3.63) is 42.1 Å². The van der Waals surface area contributed by atoms with E-state index < -0.39 is 0 Å². The second kappa shape index (κ2) is 6.33. The van der Waals surface area contributed by atoms with Crippen molar-refractivity contribution in [1.82, 2.24) is 9.88 Å². The van der Waals surface area contributed by atoms with Crippen molar-refractivity contribution >= 4 is 10.9 Å². The highest BCUT2D eigenvalue weighted by Gasteiger charge is 2.22. The Labute approximate surface area is 120 Å². The molecule has 2 heterocycles. The zero-order valence-electron chi connectivity index (χ0n) is 11.8. The Morgan fingerprint density at radius 3 is 3.00 bits per heavy atom. The fourth-order valence-corrected chi connectivity index (χ4v) is 3.26. The maximum absolute atomic E-state index is 9.24. The number of para-hydroxylation sites is 1. The predicted molar refractivity (Wildman–Crippen MR) is 81.5 cm³/mol. The largest absolute Gasteiger partial charge is 0.396 e. The maximum atomic E-state index is 9.24. The first-order valence-electron chi connectivity index (χ1n) is 7.56. The Kier molecular flexibility index (Phi) is 4.28. The number of benzene rings is 1. The highest BCUT2D eigenvalue weighted by atomic mass is 16.3. The third-order valence-electron chi connectivity index (χ3n) is 4.30. The summed E-state index contributed by atoms with van der Waals surface area (Å²) in [6.07, 6.45) is 6.51. The van der Waals surface area contributed by atoms with Crippen molar-refractivity contribution in [2.24, 2.45) is 0 Å². The number of aromatic nitrogens is 1. The Hall–Kier alpha value is -1.45. The summed E-state index contributed by atoms with van der Waals surface area (Å²) in [5.74, 6) is 0. The molecular formula is C17H22N2O. The lowest BCUT2D eigenvalue weighted by molar-refractivity contribution is 0.113. The molecule has 20 heavy (non-hydrogen) atoms. The van der Waals surface area contributed by atoms with Gasteiger partial charge in [-0.05, 0) is 37.4 Å². The number of hydrogen-bond acceptors (Lipinski definition) is 3. The number of nitrogens with zero attached hydrogens (tertiary/aromatic N) is 2. The highest BCUT2D eigenvalue weighted by molar-refractivity contribution is 5.81. The van der Waals surface area contributed by atoms with Gasteiger partial charge in [-0.3, -0.25) is 9.88 Å². The van der Waals surface area contributed by atoms with Gasteiger partial charge in [-0.15, -0.1) is 0 Å². The van der Waals surface area contributed by atoms with E-state index in [2.05, 4.69) is 34.1 Å². The number of pyridine rings is 1. The van der Waals surface area contributed by atoms with Gasteiger partial charge in [0.05, 0.1) is 5.52 Å². The lowest BCUT2D eigenvalue weighted by Gasteiger charge is -2.35. The van der Waals surface area contributed by atoms with Crippen molar-refractivity contribution in [3.8, 4) is 0 Å². The quantitative estimate of drug-likeness (QED) is 0.928. The minimum absolute atomic E-state index is 0.287. The van der Waals surface area contributed by atoms with Gasteiger partial charge in [0.15, 0.2) is 0 Å². The molecule has 0 amide bonds. The van der Waals surface area contributed by atoms with Crippen LogP contribution in [0, 0.1) is 0 Å². The molecule has 1 atom stereocenters. The van der Waals surface area contributed by atoms with Crippen LogP contribution < -0.4 is 0 Å². The molecule has 1 saturated heterocycles. The lowest BCUT2D eigenvalue weighted by atomic mass is 9.98. The molecule has 3 rings (SSSR count). The minimum atomic E-state index is 0.287. The summed E-state index contributed by atoms with van der Waals surface area (Å²) in [6.45, 7) is 2.36. The first kappa shape index (κ1) is 13.5. The number of rotatable bonds is 4. The Morgan fingerprint density at radius 2 is 2.10 bits per heavy atom. The number of aliphatic hydroxyl groups is 1. The SMILES string of the molecule is OCCC1CCCCN1Cc1cccc2cccnc12. The molecule has 1 aromatic carbocycles. The molecule has 0 radical (unpaired) electrons. The summed E-state index contributed by atoms with van der Waals surface area (Å²) >= 11 is 0. The molecule has 106 valence electrons. The summed E-state index contributed by atoms with van der Waals surface area (Å²) in [6, 6.07) is 11.0. The first-order chi connectivity index (χ1) is 9.88. The molecule has 1 fully saturated rings. The van der Waals surface area contributed by atoms with Gasteiger partial charge in [-0.2, -0.15) is 0 Å². The van der Waals surface area contributed by atoms with Crippen LogP contribution >= 0.6 is 0 Å². The number of hydrogen-bond donors (Lipinski definition) is 1. The second-order valence-corrected chi connectivity index (χ2v) is 5.62. The third-order valence-corrected chi connectivity index (χ3v) is 4.30. The molecule has 2 aromatic rings. The highest BCUT2D eigenvalue weighted by Crippen LogP contribution is 2.24. The Morgan fingerprint density at radius 1 is 1.20 bits per heavy atom. The number of piperidine rings is 1. The third kappa shape index (κ3) is 2.84. The fraction of sp³-hybridized carbons (Fsp3) is 0.471. The van der Waals surface area contributed by atoms with Gasteiger partial charge in [0.1, 0.15) is 0 Å². The van der Waals surface area contributed by atoms with Gasteiger partial charge in [0.2, 0.25) is 0 Å². The Bertz CT molecular complexity index is 562. The van der Waals surface area contributed by atoms with Gasteiger partial charge >= 0.3 is 0 Å². The van der Waals surface area contributed by atoms with E-state index in [0.717, 1.165) is 25.0 Å². The van der Waals surface area contributed by atoms with Crippen LogP contribution in [-0.4, -0.2) is 34.2 Å². The van der Waals surface area contributed by atoms with Crippen LogP contribution in [0.4, 0.5) is 0 Å². The molecule has 3 heteroatoms. The van der Waals surface area contributed by atoms with Gasteiger partial charge in [-0.1, -0.05) is 30.7 Å². The summed E-state index contributed by atoms with van der Waals surface area (Å²) in [5.41, 5.74) is 2.41. The number of aliphatic hydroxyl groups excluding tert-OH is 1. The van der Waals surface area contributed by atoms with E-state index in [1.807, 2.05) is 12.3 Å². The van der Waals surface area contributed by atoms with Crippen LogP contribution in [0.1, 0.15) is 31.2 Å². The van der Waals surface area contributed by atoms with Crippen LogP contribution in [-0.2, 0) is 6.54 Å². The maximum Gasteiger partial charge on any atom is 0.0746 e. The lowest BCUT2D eigenvalue weighted by Crippen LogP contribution is -2.39. The van der Waals surface area contributed by atoms with E-state index >= 15 is 0 Å². The van der Waals surface area contributed by atoms with Gasteiger partial charge in [0.25, 0.3) is 0 Å². The monoisotopic (exact) mass is 270 g/mol. The van der Waals surface area contributed by atoms with E-state index in [1.165, 1.54) is 30.2 Å². The van der Waals surface area contributed by atoms with Gasteiger partial charge in [-0.25, -0.2) is 0 Å². The zero-order valence-corrected chi connectivity index (χ0v) is 11.8. The molecule has 1 aliphatic rings. The standard InChI is InChI=1S/C17H22N2O/c20-12-9-16-8-1-2-11-19(16)13-15-6-3-5-14-7-4-10-18-17(14)15/h3-7,10,16,20H,1-2,8-9,11-13H2. The molecule has 0 bridgehead atoms. The molecule has 0 spiro atoms.